The Labute approximate surface area is 107 Å². The first-order chi connectivity index (χ1) is 8.00. The summed E-state index contributed by atoms with van der Waals surface area (Å²) in [6.07, 6.45) is 1.37. The van der Waals surface area contributed by atoms with Crippen LogP contribution in [0.25, 0.3) is 10.9 Å². The van der Waals surface area contributed by atoms with Gasteiger partial charge in [0.2, 0.25) is 0 Å². The Balaban J connectivity index is 0.000000317. The van der Waals surface area contributed by atoms with Gasteiger partial charge in [0.1, 0.15) is 0 Å². The molecule has 0 spiro atoms. The van der Waals surface area contributed by atoms with E-state index in [2.05, 4.69) is 28.2 Å². The SMILES string of the molecule is O=C(Cl)Cl.O=C(O)c1cnc2ccccc2c1. The van der Waals surface area contributed by atoms with Crippen molar-refractivity contribution >= 4 is 44.8 Å². The molecule has 0 unspecified atom stereocenters. The highest BCUT2D eigenvalue weighted by atomic mass is 35.5. The second kappa shape index (κ2) is 6.18. The Hall–Kier alpha value is -1.65. The number of para-hydroxylation sites is 1. The van der Waals surface area contributed by atoms with Gasteiger partial charge in [-0.15, -0.1) is 0 Å². The van der Waals surface area contributed by atoms with E-state index < -0.39 is 10.7 Å². The van der Waals surface area contributed by atoms with Gasteiger partial charge in [0.05, 0.1) is 11.1 Å². The lowest BCUT2D eigenvalue weighted by molar-refractivity contribution is 0.0696. The topological polar surface area (TPSA) is 67.3 Å². The molecule has 0 saturated carbocycles. The van der Waals surface area contributed by atoms with Crippen LogP contribution in [0, 0.1) is 0 Å². The molecule has 17 heavy (non-hydrogen) atoms. The summed E-state index contributed by atoms with van der Waals surface area (Å²) in [5.41, 5.74) is 1.03. The molecular weight excluding hydrogens is 265 g/mol. The molecule has 1 heterocycles. The molecule has 0 aliphatic heterocycles. The predicted molar refractivity (Wildman–Crippen MR) is 65.8 cm³/mol. The zero-order valence-electron chi connectivity index (χ0n) is 8.43. The zero-order valence-corrected chi connectivity index (χ0v) is 9.94. The van der Waals surface area contributed by atoms with Crippen LogP contribution < -0.4 is 0 Å². The van der Waals surface area contributed by atoms with Gasteiger partial charge in [0.25, 0.3) is 0 Å². The molecule has 0 bridgehead atoms. The quantitative estimate of drug-likeness (QED) is 0.806. The second-order valence-electron chi connectivity index (χ2n) is 2.95. The third-order valence-corrected chi connectivity index (χ3v) is 1.84. The van der Waals surface area contributed by atoms with Gasteiger partial charge in [-0.25, -0.2) is 4.79 Å². The Bertz CT molecular complexity index is 553. The molecule has 0 aliphatic rings. The molecule has 0 fully saturated rings. The summed E-state index contributed by atoms with van der Waals surface area (Å²) in [5, 5.41) is 9.55. The summed E-state index contributed by atoms with van der Waals surface area (Å²) in [5.74, 6) is -0.946. The highest BCUT2D eigenvalue weighted by Crippen LogP contribution is 2.12. The van der Waals surface area contributed by atoms with E-state index in [1.54, 1.807) is 6.07 Å². The van der Waals surface area contributed by atoms with Gasteiger partial charge in [0, 0.05) is 11.6 Å². The third kappa shape index (κ3) is 4.38. The zero-order chi connectivity index (χ0) is 12.8. The van der Waals surface area contributed by atoms with Crippen molar-refractivity contribution in [2.75, 3.05) is 0 Å². The van der Waals surface area contributed by atoms with Crippen LogP contribution in [0.4, 0.5) is 4.79 Å². The molecule has 0 amide bonds. The average Bonchev–Trinajstić information content (AvgIpc) is 2.27. The van der Waals surface area contributed by atoms with E-state index in [-0.39, 0.29) is 5.56 Å². The maximum absolute atomic E-state index is 10.6. The van der Waals surface area contributed by atoms with Crippen molar-refractivity contribution in [3.63, 3.8) is 0 Å². The number of aromatic carboxylic acids is 1. The molecule has 0 radical (unpaired) electrons. The van der Waals surface area contributed by atoms with Crippen LogP contribution in [-0.2, 0) is 0 Å². The molecule has 0 atom stereocenters. The number of rotatable bonds is 1. The number of nitrogens with zero attached hydrogens (tertiary/aromatic N) is 1. The van der Waals surface area contributed by atoms with Crippen molar-refractivity contribution in [3.8, 4) is 0 Å². The van der Waals surface area contributed by atoms with Gasteiger partial charge in [-0.05, 0) is 35.3 Å². The summed E-state index contributed by atoms with van der Waals surface area (Å²) in [4.78, 5) is 23.6. The number of aromatic nitrogens is 1. The number of benzene rings is 1. The number of hydrogen-bond donors (Lipinski definition) is 1. The first-order valence-electron chi connectivity index (χ1n) is 4.44. The summed E-state index contributed by atoms with van der Waals surface area (Å²) >= 11 is 8.80. The van der Waals surface area contributed by atoms with E-state index in [4.69, 9.17) is 9.90 Å². The fraction of sp³-hybridized carbons (Fsp3) is 0. The predicted octanol–water partition coefficient (Wildman–Crippen LogP) is 3.52. The van der Waals surface area contributed by atoms with E-state index in [0.29, 0.717) is 0 Å². The number of carbonyl (C=O) groups is 2. The van der Waals surface area contributed by atoms with Gasteiger partial charge in [-0.2, -0.15) is 0 Å². The summed E-state index contributed by atoms with van der Waals surface area (Å²) < 4.78 is -0.889. The van der Waals surface area contributed by atoms with E-state index in [9.17, 15) is 4.79 Å². The van der Waals surface area contributed by atoms with Gasteiger partial charge < -0.3 is 5.11 Å². The van der Waals surface area contributed by atoms with Crippen LogP contribution in [0.5, 0.6) is 0 Å². The van der Waals surface area contributed by atoms with Crippen molar-refractivity contribution < 1.29 is 14.7 Å². The third-order valence-electron chi connectivity index (χ3n) is 1.84. The number of halogens is 2. The smallest absolute Gasteiger partial charge is 0.337 e. The van der Waals surface area contributed by atoms with Crippen LogP contribution in [0.3, 0.4) is 0 Å². The molecule has 0 aliphatic carbocycles. The maximum atomic E-state index is 10.6. The Morgan fingerprint density at radius 2 is 1.76 bits per heavy atom. The fourth-order valence-electron chi connectivity index (χ4n) is 1.19. The summed E-state index contributed by atoms with van der Waals surface area (Å²) in [7, 11) is 0. The summed E-state index contributed by atoms with van der Waals surface area (Å²) in [6, 6.07) is 9.03. The molecule has 2 rings (SSSR count). The van der Waals surface area contributed by atoms with E-state index in [1.807, 2.05) is 24.3 Å². The largest absolute Gasteiger partial charge is 0.478 e. The van der Waals surface area contributed by atoms with Crippen molar-refractivity contribution in [1.82, 2.24) is 4.98 Å². The summed E-state index contributed by atoms with van der Waals surface area (Å²) in [6.45, 7) is 0. The van der Waals surface area contributed by atoms with Crippen LogP contribution in [-0.4, -0.2) is 20.8 Å². The second-order valence-corrected chi connectivity index (χ2v) is 3.83. The van der Waals surface area contributed by atoms with Gasteiger partial charge in [-0.3, -0.25) is 9.78 Å². The molecule has 1 aromatic heterocycles. The highest BCUT2D eigenvalue weighted by molar-refractivity contribution is 6.93. The maximum Gasteiger partial charge on any atom is 0.337 e. The number of hydrogen-bond acceptors (Lipinski definition) is 3. The lowest BCUT2D eigenvalue weighted by Gasteiger charge is -1.97. The van der Waals surface area contributed by atoms with Crippen LogP contribution in [0.1, 0.15) is 10.4 Å². The minimum atomic E-state index is -0.946. The molecule has 88 valence electrons. The molecule has 1 N–H and O–H groups in total. The van der Waals surface area contributed by atoms with Crippen LogP contribution >= 0.6 is 23.2 Å². The van der Waals surface area contributed by atoms with Gasteiger partial charge in [-0.1, -0.05) is 18.2 Å². The Kier molecular flexibility index (Phi) is 4.87. The molecule has 0 saturated heterocycles. The van der Waals surface area contributed by atoms with Crippen LogP contribution in [0.2, 0.25) is 0 Å². The van der Waals surface area contributed by atoms with E-state index >= 15 is 0 Å². The Morgan fingerprint density at radius 1 is 1.18 bits per heavy atom. The van der Waals surface area contributed by atoms with E-state index in [0.717, 1.165) is 10.9 Å². The lowest BCUT2D eigenvalue weighted by Crippen LogP contribution is -1.96. The molecular formula is C11H7Cl2NO3. The van der Waals surface area contributed by atoms with E-state index in [1.165, 1.54) is 6.20 Å². The van der Waals surface area contributed by atoms with Crippen molar-refractivity contribution in [2.24, 2.45) is 0 Å². The minimum Gasteiger partial charge on any atom is -0.478 e. The lowest BCUT2D eigenvalue weighted by atomic mass is 10.2. The van der Waals surface area contributed by atoms with Crippen LogP contribution in [0.15, 0.2) is 36.5 Å². The minimum absolute atomic E-state index is 0.221. The molecule has 2 aromatic rings. The molecule has 6 heteroatoms. The monoisotopic (exact) mass is 271 g/mol. The average molecular weight is 272 g/mol. The number of carboxylic acid groups (broad SMARTS) is 1. The fourth-order valence-corrected chi connectivity index (χ4v) is 1.19. The van der Waals surface area contributed by atoms with Crippen molar-refractivity contribution in [3.05, 3.63) is 42.1 Å². The Morgan fingerprint density at radius 3 is 2.35 bits per heavy atom. The van der Waals surface area contributed by atoms with Crippen molar-refractivity contribution in [2.45, 2.75) is 0 Å². The first-order valence-corrected chi connectivity index (χ1v) is 5.19. The number of fused-ring (bicyclic) bond motifs is 1. The number of pyridine rings is 1. The first kappa shape index (κ1) is 13.4. The number of carboxylic acids is 1. The highest BCUT2D eigenvalue weighted by Gasteiger charge is 2.03. The van der Waals surface area contributed by atoms with Crippen molar-refractivity contribution in [1.29, 1.82) is 0 Å². The number of carbonyl (C=O) groups excluding carboxylic acids is 1. The van der Waals surface area contributed by atoms with Gasteiger partial charge >= 0.3 is 10.7 Å². The molecule has 4 nitrogen and oxygen atoms in total. The van der Waals surface area contributed by atoms with Gasteiger partial charge in [0.15, 0.2) is 0 Å². The standard InChI is InChI=1S/C10H7NO2.CCl2O/c12-10(13)8-5-7-3-1-2-4-9(7)11-6-8;2-1(3)4/h1-6H,(H,12,13);. The molecule has 1 aromatic carbocycles. The normalized spacial score (nSPS) is 9.29.